The van der Waals surface area contributed by atoms with Crippen LogP contribution >= 0.6 is 23.2 Å². The molecule has 0 unspecified atom stereocenters. The van der Waals surface area contributed by atoms with Crippen molar-refractivity contribution in [3.63, 3.8) is 0 Å². The lowest BCUT2D eigenvalue weighted by Crippen LogP contribution is -2.26. The van der Waals surface area contributed by atoms with Gasteiger partial charge in [-0.3, -0.25) is 10.0 Å². The molecule has 0 saturated carbocycles. The Kier molecular flexibility index (Phi) is 6.44. The summed E-state index contributed by atoms with van der Waals surface area (Å²) in [5.74, 6) is 0. The Bertz CT molecular complexity index is 606. The van der Waals surface area contributed by atoms with E-state index in [1.165, 1.54) is 0 Å². The number of nitrogens with zero attached hydrogens (tertiary/aromatic N) is 4. The van der Waals surface area contributed by atoms with Gasteiger partial charge in [-0.1, -0.05) is 47.5 Å². The van der Waals surface area contributed by atoms with Gasteiger partial charge in [0.2, 0.25) is 0 Å². The van der Waals surface area contributed by atoms with Gasteiger partial charge in [0.15, 0.2) is 0 Å². The minimum atomic E-state index is 0.564. The van der Waals surface area contributed by atoms with Crippen LogP contribution in [0.2, 0.25) is 10.0 Å². The molecule has 120 valence electrons. The van der Waals surface area contributed by atoms with E-state index in [2.05, 4.69) is 10.2 Å². The molecular formula is C17H18Cl2N4. The molecule has 0 aliphatic carbocycles. The first-order chi connectivity index (χ1) is 11.0. The van der Waals surface area contributed by atoms with E-state index in [1.54, 1.807) is 22.4 Å². The molecule has 0 aliphatic rings. The maximum Gasteiger partial charge on any atom is 0.122 e. The average molecular weight is 349 g/mol. The molecule has 0 aliphatic heterocycles. The topological polar surface area (TPSA) is 31.2 Å². The van der Waals surface area contributed by atoms with Gasteiger partial charge < -0.3 is 0 Å². The van der Waals surface area contributed by atoms with Gasteiger partial charge in [-0.05, 0) is 35.4 Å². The van der Waals surface area contributed by atoms with E-state index in [4.69, 9.17) is 23.2 Å². The summed E-state index contributed by atoms with van der Waals surface area (Å²) in [6, 6.07) is 15.0. The molecule has 0 spiro atoms. The maximum absolute atomic E-state index is 5.85. The van der Waals surface area contributed by atoms with Crippen molar-refractivity contribution in [1.82, 2.24) is 10.0 Å². The SMILES string of the molecule is CN(CN(C)/N=C/c1ccc(Cl)cc1)N=Cc1ccc(Cl)cc1. The van der Waals surface area contributed by atoms with E-state index in [1.807, 2.05) is 62.6 Å². The lowest BCUT2D eigenvalue weighted by Gasteiger charge is -2.19. The molecule has 2 rings (SSSR count). The van der Waals surface area contributed by atoms with Gasteiger partial charge in [0, 0.05) is 24.1 Å². The molecule has 0 N–H and O–H groups in total. The highest BCUT2D eigenvalue weighted by molar-refractivity contribution is 6.30. The van der Waals surface area contributed by atoms with Crippen LogP contribution in [0.5, 0.6) is 0 Å². The number of hydrogen-bond acceptors (Lipinski definition) is 4. The summed E-state index contributed by atoms with van der Waals surface area (Å²) in [4.78, 5) is 0. The van der Waals surface area contributed by atoms with E-state index < -0.39 is 0 Å². The number of benzene rings is 2. The summed E-state index contributed by atoms with van der Waals surface area (Å²) in [5, 5.41) is 13.8. The van der Waals surface area contributed by atoms with Crippen molar-refractivity contribution in [2.45, 2.75) is 0 Å². The molecule has 0 heterocycles. The van der Waals surface area contributed by atoms with E-state index in [0.717, 1.165) is 11.1 Å². The van der Waals surface area contributed by atoms with Crippen molar-refractivity contribution in [2.75, 3.05) is 20.8 Å². The van der Waals surface area contributed by atoms with Gasteiger partial charge in [0.25, 0.3) is 0 Å². The summed E-state index contributed by atoms with van der Waals surface area (Å²) in [6.45, 7) is 0.564. The van der Waals surface area contributed by atoms with Gasteiger partial charge in [0.05, 0.1) is 12.4 Å². The van der Waals surface area contributed by atoms with Crippen LogP contribution in [0.1, 0.15) is 11.1 Å². The molecule has 0 saturated heterocycles. The third kappa shape index (κ3) is 6.30. The molecule has 6 heteroatoms. The monoisotopic (exact) mass is 348 g/mol. The molecule has 0 bridgehead atoms. The summed E-state index contributed by atoms with van der Waals surface area (Å²) < 4.78 is 0. The Labute approximate surface area is 146 Å². The van der Waals surface area contributed by atoms with Crippen molar-refractivity contribution in [1.29, 1.82) is 0 Å². The molecule has 4 nitrogen and oxygen atoms in total. The first-order valence-electron chi connectivity index (χ1n) is 7.04. The van der Waals surface area contributed by atoms with Crippen LogP contribution in [0.3, 0.4) is 0 Å². The van der Waals surface area contributed by atoms with Crippen LogP contribution in [0.25, 0.3) is 0 Å². The van der Waals surface area contributed by atoms with Crippen molar-refractivity contribution >= 4 is 35.6 Å². The van der Waals surface area contributed by atoms with Crippen molar-refractivity contribution in [3.05, 3.63) is 69.7 Å². The second-order valence-corrected chi connectivity index (χ2v) is 5.92. The molecule has 0 atom stereocenters. The Morgan fingerprint density at radius 2 is 1.09 bits per heavy atom. The van der Waals surface area contributed by atoms with Crippen LogP contribution in [0.4, 0.5) is 0 Å². The Hall–Kier alpha value is -2.04. The zero-order chi connectivity index (χ0) is 16.7. The number of hydrogen-bond donors (Lipinski definition) is 0. The number of hydrazone groups is 2. The second kappa shape index (κ2) is 8.56. The van der Waals surface area contributed by atoms with Gasteiger partial charge in [-0.2, -0.15) is 10.2 Å². The Morgan fingerprint density at radius 3 is 1.43 bits per heavy atom. The highest BCUT2D eigenvalue weighted by atomic mass is 35.5. The van der Waals surface area contributed by atoms with Crippen molar-refractivity contribution < 1.29 is 0 Å². The largest absolute Gasteiger partial charge is 0.279 e. The van der Waals surface area contributed by atoms with Gasteiger partial charge in [0.1, 0.15) is 6.67 Å². The highest BCUT2D eigenvalue weighted by Gasteiger charge is 1.97. The first-order valence-corrected chi connectivity index (χ1v) is 7.80. The smallest absolute Gasteiger partial charge is 0.122 e. The number of halogens is 2. The maximum atomic E-state index is 5.85. The molecular weight excluding hydrogens is 331 g/mol. The van der Waals surface area contributed by atoms with E-state index in [-0.39, 0.29) is 0 Å². The lowest BCUT2D eigenvalue weighted by molar-refractivity contribution is 0.196. The minimum Gasteiger partial charge on any atom is -0.279 e. The average Bonchev–Trinajstić information content (AvgIpc) is 2.54. The van der Waals surface area contributed by atoms with Crippen molar-refractivity contribution in [3.8, 4) is 0 Å². The lowest BCUT2D eigenvalue weighted by atomic mass is 10.2. The second-order valence-electron chi connectivity index (χ2n) is 5.05. The minimum absolute atomic E-state index is 0.564. The van der Waals surface area contributed by atoms with E-state index in [9.17, 15) is 0 Å². The first kappa shape index (κ1) is 17.3. The summed E-state index contributed by atoms with van der Waals surface area (Å²) in [6.07, 6.45) is 3.57. The van der Waals surface area contributed by atoms with Crippen LogP contribution in [0, 0.1) is 0 Å². The van der Waals surface area contributed by atoms with Crippen LogP contribution < -0.4 is 0 Å². The third-order valence-corrected chi connectivity index (χ3v) is 3.46. The van der Waals surface area contributed by atoms with Gasteiger partial charge in [-0.15, -0.1) is 0 Å². The number of rotatable bonds is 6. The van der Waals surface area contributed by atoms with Crippen LogP contribution in [-0.2, 0) is 0 Å². The normalized spacial score (nSPS) is 11.3. The molecule has 0 radical (unpaired) electrons. The quantitative estimate of drug-likeness (QED) is 0.445. The fourth-order valence-corrected chi connectivity index (χ4v) is 2.05. The standard InChI is InChI=1S/C17H18Cl2N4/c1-22(20-11-14-3-7-16(18)8-4-14)13-23(2)21-12-15-5-9-17(19)10-6-15/h3-12H,13H2,1-2H3/b20-11+,21-12?. The van der Waals surface area contributed by atoms with Gasteiger partial charge in [-0.25, -0.2) is 0 Å². The molecule has 23 heavy (non-hydrogen) atoms. The fourth-order valence-electron chi connectivity index (χ4n) is 1.80. The Balaban J connectivity index is 1.85. The zero-order valence-corrected chi connectivity index (χ0v) is 14.5. The molecule has 0 aromatic heterocycles. The van der Waals surface area contributed by atoms with Gasteiger partial charge >= 0.3 is 0 Å². The summed E-state index contributed by atoms with van der Waals surface area (Å²) in [7, 11) is 3.78. The van der Waals surface area contributed by atoms with E-state index in [0.29, 0.717) is 16.7 Å². The third-order valence-electron chi connectivity index (χ3n) is 2.96. The summed E-state index contributed by atoms with van der Waals surface area (Å²) >= 11 is 11.7. The predicted molar refractivity (Wildman–Crippen MR) is 98.5 cm³/mol. The molecule has 0 fully saturated rings. The Morgan fingerprint density at radius 1 is 0.739 bits per heavy atom. The summed E-state index contributed by atoms with van der Waals surface area (Å²) in [5.41, 5.74) is 1.99. The molecule has 0 amide bonds. The molecule has 2 aromatic rings. The highest BCUT2D eigenvalue weighted by Crippen LogP contribution is 2.09. The van der Waals surface area contributed by atoms with E-state index >= 15 is 0 Å². The predicted octanol–water partition coefficient (Wildman–Crippen LogP) is 4.18. The van der Waals surface area contributed by atoms with Crippen LogP contribution in [0.15, 0.2) is 58.7 Å². The van der Waals surface area contributed by atoms with Crippen LogP contribution in [-0.4, -0.2) is 43.2 Å². The fraction of sp³-hybridized carbons (Fsp3) is 0.176. The molecule has 2 aromatic carbocycles. The van der Waals surface area contributed by atoms with Crippen molar-refractivity contribution in [2.24, 2.45) is 10.2 Å². The zero-order valence-electron chi connectivity index (χ0n) is 13.0.